The van der Waals surface area contributed by atoms with Crippen molar-refractivity contribution in [1.82, 2.24) is 10.2 Å². The molecule has 1 aromatic heterocycles. The van der Waals surface area contributed by atoms with Gasteiger partial charge in [-0.3, -0.25) is 9.89 Å². The summed E-state index contributed by atoms with van der Waals surface area (Å²) in [5.41, 5.74) is 7.10. The normalized spacial score (nSPS) is 10.2. The van der Waals surface area contributed by atoms with E-state index in [2.05, 4.69) is 26.1 Å². The minimum absolute atomic E-state index is 0.155. The van der Waals surface area contributed by atoms with Gasteiger partial charge in [0.05, 0.1) is 0 Å². The Balaban J connectivity index is 2.42. The van der Waals surface area contributed by atoms with Crippen molar-refractivity contribution in [1.29, 1.82) is 0 Å². The number of anilines is 1. The highest BCUT2D eigenvalue weighted by Crippen LogP contribution is 2.20. The lowest BCUT2D eigenvalue weighted by Gasteiger charge is -2.03. The zero-order valence-corrected chi connectivity index (χ0v) is 9.28. The van der Waals surface area contributed by atoms with Crippen molar-refractivity contribution in [3.8, 4) is 0 Å². The third-order valence-corrected chi connectivity index (χ3v) is 2.50. The molecule has 0 bridgehead atoms. The van der Waals surface area contributed by atoms with Crippen molar-refractivity contribution in [2.75, 3.05) is 5.73 Å². The van der Waals surface area contributed by atoms with E-state index in [0.29, 0.717) is 16.9 Å². The number of aromatic nitrogens is 2. The van der Waals surface area contributed by atoms with E-state index in [-0.39, 0.29) is 5.78 Å². The molecule has 0 unspecified atom stereocenters. The van der Waals surface area contributed by atoms with Gasteiger partial charge >= 0.3 is 0 Å². The fourth-order valence-electron chi connectivity index (χ4n) is 1.27. The zero-order valence-electron chi connectivity index (χ0n) is 7.70. The summed E-state index contributed by atoms with van der Waals surface area (Å²) in [6.45, 7) is 0. The van der Waals surface area contributed by atoms with E-state index in [1.54, 1.807) is 24.3 Å². The summed E-state index contributed by atoms with van der Waals surface area (Å²) in [5.74, 6) is -0.155. The van der Waals surface area contributed by atoms with Gasteiger partial charge in [0.1, 0.15) is 5.69 Å². The van der Waals surface area contributed by atoms with E-state index in [1.165, 1.54) is 6.20 Å². The second kappa shape index (κ2) is 3.86. The van der Waals surface area contributed by atoms with Gasteiger partial charge in [0.15, 0.2) is 0 Å². The van der Waals surface area contributed by atoms with Gasteiger partial charge in [-0.2, -0.15) is 5.10 Å². The molecule has 4 nitrogen and oxygen atoms in total. The van der Waals surface area contributed by atoms with E-state index >= 15 is 0 Å². The highest BCUT2D eigenvalue weighted by molar-refractivity contribution is 9.10. The number of nitrogens with one attached hydrogen (secondary N) is 1. The Morgan fingerprint density at radius 2 is 2.20 bits per heavy atom. The number of carbonyl (C=O) groups excluding carboxylic acids is 1. The van der Waals surface area contributed by atoms with Gasteiger partial charge in [0.25, 0.3) is 0 Å². The Kier molecular flexibility index (Phi) is 2.55. The number of benzene rings is 1. The molecule has 0 fully saturated rings. The van der Waals surface area contributed by atoms with Crippen LogP contribution in [0.1, 0.15) is 16.1 Å². The maximum Gasteiger partial charge on any atom is 0.212 e. The van der Waals surface area contributed by atoms with Crippen LogP contribution in [0.5, 0.6) is 0 Å². The van der Waals surface area contributed by atoms with Crippen molar-refractivity contribution in [3.63, 3.8) is 0 Å². The lowest BCUT2D eigenvalue weighted by Crippen LogP contribution is -2.05. The molecule has 3 N–H and O–H groups in total. The standard InChI is InChI=1S/C10H8BrN3O/c11-6-1-2-7(8(12)5-6)10(15)9-3-4-13-14-9/h1-5H,12H2,(H,13,14). The van der Waals surface area contributed by atoms with Crippen LogP contribution < -0.4 is 5.73 Å². The number of nitrogens with two attached hydrogens (primary N) is 1. The van der Waals surface area contributed by atoms with Crippen molar-refractivity contribution in [3.05, 3.63) is 46.2 Å². The van der Waals surface area contributed by atoms with Crippen LogP contribution in [0.3, 0.4) is 0 Å². The number of hydrogen-bond acceptors (Lipinski definition) is 3. The lowest BCUT2D eigenvalue weighted by atomic mass is 10.1. The summed E-state index contributed by atoms with van der Waals surface area (Å²) in [7, 11) is 0. The molecule has 0 aliphatic carbocycles. The Hall–Kier alpha value is -1.62. The maximum atomic E-state index is 11.9. The molecular weight excluding hydrogens is 258 g/mol. The molecule has 2 aromatic rings. The topological polar surface area (TPSA) is 71.8 Å². The Morgan fingerprint density at radius 3 is 2.80 bits per heavy atom. The number of nitrogens with zero attached hydrogens (tertiary/aromatic N) is 1. The van der Waals surface area contributed by atoms with E-state index in [4.69, 9.17) is 5.73 Å². The number of halogens is 1. The third kappa shape index (κ3) is 1.92. The number of rotatable bonds is 2. The maximum absolute atomic E-state index is 11.9. The summed E-state index contributed by atoms with van der Waals surface area (Å²) >= 11 is 3.28. The summed E-state index contributed by atoms with van der Waals surface area (Å²) in [5, 5.41) is 6.33. The van der Waals surface area contributed by atoms with E-state index < -0.39 is 0 Å². The van der Waals surface area contributed by atoms with Crippen LogP contribution in [0.25, 0.3) is 0 Å². The van der Waals surface area contributed by atoms with Gasteiger partial charge in [-0.05, 0) is 24.3 Å². The van der Waals surface area contributed by atoms with Crippen LogP contribution in [-0.2, 0) is 0 Å². The Labute approximate surface area is 94.6 Å². The number of nitrogen functional groups attached to an aromatic ring is 1. The molecule has 0 aliphatic heterocycles. The van der Waals surface area contributed by atoms with Crippen molar-refractivity contribution in [2.24, 2.45) is 0 Å². The van der Waals surface area contributed by atoms with Crippen molar-refractivity contribution in [2.45, 2.75) is 0 Å². The summed E-state index contributed by atoms with van der Waals surface area (Å²) in [4.78, 5) is 11.9. The summed E-state index contributed by atoms with van der Waals surface area (Å²) in [6.07, 6.45) is 1.53. The van der Waals surface area contributed by atoms with Crippen LogP contribution in [0.4, 0.5) is 5.69 Å². The van der Waals surface area contributed by atoms with Gasteiger partial charge in [-0.25, -0.2) is 0 Å². The Morgan fingerprint density at radius 1 is 1.40 bits per heavy atom. The second-order valence-electron chi connectivity index (χ2n) is 3.03. The average molecular weight is 266 g/mol. The average Bonchev–Trinajstić information content (AvgIpc) is 2.69. The molecule has 15 heavy (non-hydrogen) atoms. The number of carbonyl (C=O) groups is 1. The fraction of sp³-hybridized carbons (Fsp3) is 0. The molecule has 5 heteroatoms. The predicted octanol–water partition coefficient (Wildman–Crippen LogP) is 1.99. The second-order valence-corrected chi connectivity index (χ2v) is 3.95. The van der Waals surface area contributed by atoms with Crippen LogP contribution in [0, 0.1) is 0 Å². The number of H-pyrrole nitrogens is 1. The molecule has 0 saturated heterocycles. The quantitative estimate of drug-likeness (QED) is 0.645. The van der Waals surface area contributed by atoms with Crippen molar-refractivity contribution >= 4 is 27.4 Å². The predicted molar refractivity (Wildman–Crippen MR) is 60.6 cm³/mol. The third-order valence-electron chi connectivity index (χ3n) is 2.00. The molecule has 0 amide bonds. The number of ketones is 1. The fourth-order valence-corrected chi connectivity index (χ4v) is 1.65. The van der Waals surface area contributed by atoms with Crippen LogP contribution in [0.2, 0.25) is 0 Å². The van der Waals surface area contributed by atoms with Crippen molar-refractivity contribution < 1.29 is 4.79 Å². The Bertz CT molecular complexity index is 493. The van der Waals surface area contributed by atoms with E-state index in [0.717, 1.165) is 4.47 Å². The molecule has 0 spiro atoms. The van der Waals surface area contributed by atoms with Gasteiger partial charge in [0, 0.05) is 21.9 Å². The first-order chi connectivity index (χ1) is 7.18. The van der Waals surface area contributed by atoms with Gasteiger partial charge < -0.3 is 5.73 Å². The highest BCUT2D eigenvalue weighted by Gasteiger charge is 2.13. The van der Waals surface area contributed by atoms with Gasteiger partial charge in [-0.1, -0.05) is 15.9 Å². The first kappa shape index (κ1) is 9.92. The summed E-state index contributed by atoms with van der Waals surface area (Å²) < 4.78 is 0.848. The minimum atomic E-state index is -0.155. The first-order valence-corrected chi connectivity index (χ1v) is 5.07. The monoisotopic (exact) mass is 265 g/mol. The zero-order chi connectivity index (χ0) is 10.8. The van der Waals surface area contributed by atoms with Crippen LogP contribution in [0.15, 0.2) is 34.9 Å². The molecule has 2 rings (SSSR count). The summed E-state index contributed by atoms with van der Waals surface area (Å²) in [6, 6.07) is 6.77. The first-order valence-electron chi connectivity index (χ1n) is 4.27. The largest absolute Gasteiger partial charge is 0.398 e. The molecule has 0 aliphatic rings. The SMILES string of the molecule is Nc1cc(Br)ccc1C(=O)c1ccn[nH]1. The van der Waals surface area contributed by atoms with E-state index in [1.807, 2.05) is 0 Å². The van der Waals surface area contributed by atoms with Crippen LogP contribution in [-0.4, -0.2) is 16.0 Å². The molecule has 0 saturated carbocycles. The molecule has 0 radical (unpaired) electrons. The number of aromatic amines is 1. The molecule has 0 atom stereocenters. The van der Waals surface area contributed by atoms with Gasteiger partial charge in [-0.15, -0.1) is 0 Å². The lowest BCUT2D eigenvalue weighted by molar-refractivity contribution is 0.103. The smallest absolute Gasteiger partial charge is 0.212 e. The molecule has 1 aromatic carbocycles. The minimum Gasteiger partial charge on any atom is -0.398 e. The molecular formula is C10H8BrN3O. The molecule has 1 heterocycles. The molecule has 76 valence electrons. The van der Waals surface area contributed by atoms with Gasteiger partial charge in [0.2, 0.25) is 5.78 Å². The highest BCUT2D eigenvalue weighted by atomic mass is 79.9. The van der Waals surface area contributed by atoms with E-state index in [9.17, 15) is 4.79 Å². The van der Waals surface area contributed by atoms with Crippen LogP contribution >= 0.6 is 15.9 Å². The number of hydrogen-bond donors (Lipinski definition) is 2.